The third kappa shape index (κ3) is 2.82. The van der Waals surface area contributed by atoms with Crippen molar-refractivity contribution in [2.24, 2.45) is 0 Å². The Morgan fingerprint density at radius 1 is 1.03 bits per heavy atom. The van der Waals surface area contributed by atoms with Crippen LogP contribution in [-0.2, 0) is 0 Å². The van der Waals surface area contributed by atoms with Crippen LogP contribution in [0.2, 0.25) is 0 Å². The number of hydrogen-bond acceptors (Lipinski definition) is 8. The van der Waals surface area contributed by atoms with E-state index in [0.29, 0.717) is 17.8 Å². The van der Waals surface area contributed by atoms with E-state index >= 15 is 0 Å². The van der Waals surface area contributed by atoms with Crippen LogP contribution in [0.3, 0.4) is 0 Å². The number of anilines is 1. The summed E-state index contributed by atoms with van der Waals surface area (Å²) in [7, 11) is 0. The topological polar surface area (TPSA) is 103 Å². The molecule has 0 unspecified atom stereocenters. The Hall–Kier alpha value is -3.69. The Balaban J connectivity index is 1.51. The van der Waals surface area contributed by atoms with E-state index in [1.165, 1.54) is 32.0 Å². The summed E-state index contributed by atoms with van der Waals surface area (Å²) in [6, 6.07) is 0.590. The molecule has 156 valence electrons. The van der Waals surface area contributed by atoms with Crippen molar-refractivity contribution in [2.45, 2.75) is 51.1 Å². The van der Waals surface area contributed by atoms with Gasteiger partial charge in [0.1, 0.15) is 24.2 Å². The molecule has 0 bridgehead atoms. The van der Waals surface area contributed by atoms with E-state index in [1.807, 2.05) is 21.5 Å². The number of rotatable bonds is 4. The summed E-state index contributed by atoms with van der Waals surface area (Å²) >= 11 is 0. The maximum absolute atomic E-state index is 5.07. The van der Waals surface area contributed by atoms with Crippen LogP contribution in [0.25, 0.3) is 23.0 Å². The molecule has 1 aliphatic carbocycles. The fraction of sp³-hybridized carbons (Fsp3) is 0.381. The lowest BCUT2D eigenvalue weighted by Crippen LogP contribution is -2.42. The van der Waals surface area contributed by atoms with E-state index in [1.54, 1.807) is 24.9 Å². The predicted molar refractivity (Wildman–Crippen MR) is 113 cm³/mol. The van der Waals surface area contributed by atoms with Crippen LogP contribution in [0.4, 0.5) is 5.82 Å². The van der Waals surface area contributed by atoms with Crippen molar-refractivity contribution in [3.63, 3.8) is 0 Å². The minimum absolute atomic E-state index is 0.144. The molecule has 0 amide bonds. The molecule has 0 spiro atoms. The molecule has 0 aromatic carbocycles. The van der Waals surface area contributed by atoms with Gasteiger partial charge in [-0.3, -0.25) is 9.13 Å². The first kappa shape index (κ1) is 18.1. The maximum atomic E-state index is 5.07. The van der Waals surface area contributed by atoms with Crippen LogP contribution in [-0.4, -0.2) is 50.3 Å². The minimum Gasteiger partial charge on any atom is -0.341 e. The third-order valence-corrected chi connectivity index (χ3v) is 6.23. The second-order valence-corrected chi connectivity index (χ2v) is 7.96. The Morgan fingerprint density at radius 2 is 1.87 bits per heavy atom. The number of nitrogens with zero attached hydrogens (tertiary/aromatic N) is 10. The van der Waals surface area contributed by atoms with Crippen LogP contribution < -0.4 is 4.90 Å². The van der Waals surface area contributed by atoms with Crippen LogP contribution in [0.1, 0.15) is 50.9 Å². The zero-order chi connectivity index (χ0) is 20.8. The molecule has 0 radical (unpaired) electrons. The molecule has 0 saturated heterocycles. The average molecular weight is 414 g/mol. The summed E-state index contributed by atoms with van der Waals surface area (Å²) in [4.78, 5) is 24.9. The number of aromatic nitrogens is 9. The van der Waals surface area contributed by atoms with Gasteiger partial charge in [-0.25, -0.2) is 19.9 Å². The monoisotopic (exact) mass is 414 g/mol. The molecule has 1 saturated carbocycles. The zero-order valence-corrected chi connectivity index (χ0v) is 17.2. The molecule has 1 fully saturated rings. The molecule has 2 aliphatic rings. The molecule has 10 nitrogen and oxygen atoms in total. The van der Waals surface area contributed by atoms with Crippen LogP contribution in [0.15, 0.2) is 43.6 Å². The predicted octanol–water partition coefficient (Wildman–Crippen LogP) is 2.91. The van der Waals surface area contributed by atoms with E-state index in [4.69, 9.17) is 4.98 Å². The van der Waals surface area contributed by atoms with Crippen molar-refractivity contribution in [3.8, 4) is 23.0 Å². The normalized spacial score (nSPS) is 18.2. The van der Waals surface area contributed by atoms with Crippen molar-refractivity contribution in [1.82, 2.24) is 44.3 Å². The second kappa shape index (κ2) is 7.22. The molecule has 0 N–H and O–H groups in total. The van der Waals surface area contributed by atoms with Gasteiger partial charge in [0, 0.05) is 30.8 Å². The van der Waals surface area contributed by atoms with Gasteiger partial charge < -0.3 is 4.90 Å². The van der Waals surface area contributed by atoms with Gasteiger partial charge >= 0.3 is 0 Å². The summed E-state index contributed by atoms with van der Waals surface area (Å²) in [6.07, 6.45) is 18.0. The van der Waals surface area contributed by atoms with Gasteiger partial charge in [-0.2, -0.15) is 4.98 Å². The minimum atomic E-state index is 0.144. The molecule has 31 heavy (non-hydrogen) atoms. The molecule has 4 aromatic rings. The van der Waals surface area contributed by atoms with Crippen LogP contribution >= 0.6 is 0 Å². The maximum Gasteiger partial charge on any atom is 0.237 e. The first-order chi connectivity index (χ1) is 15.3. The van der Waals surface area contributed by atoms with E-state index in [-0.39, 0.29) is 6.04 Å². The van der Waals surface area contributed by atoms with Gasteiger partial charge in [0.05, 0.1) is 17.8 Å². The van der Waals surface area contributed by atoms with Gasteiger partial charge in [0.15, 0.2) is 11.6 Å². The van der Waals surface area contributed by atoms with Gasteiger partial charge in [-0.05, 0) is 19.3 Å². The highest BCUT2D eigenvalue weighted by Crippen LogP contribution is 2.42. The number of fused-ring (bicyclic) bond motifs is 3. The first-order valence-electron chi connectivity index (χ1n) is 10.7. The van der Waals surface area contributed by atoms with Gasteiger partial charge in [-0.15, -0.1) is 10.2 Å². The molecular formula is C21H22N10. The van der Waals surface area contributed by atoms with E-state index in [2.05, 4.69) is 42.0 Å². The van der Waals surface area contributed by atoms with Gasteiger partial charge in [0.25, 0.3) is 0 Å². The van der Waals surface area contributed by atoms with Crippen molar-refractivity contribution in [1.29, 1.82) is 0 Å². The van der Waals surface area contributed by atoms with E-state index in [9.17, 15) is 0 Å². The standard InChI is InChI=1S/C21H22N10/c1-2-16-20-28-26-13-30(20)17-11-25-21(27-19(17)31(16)15-5-3-4-6-15)29-8-7-24-18(29)14-9-22-12-23-10-14/h7-13,15-16H,2-6H2,1H3/t16-/m1/s1. The molecule has 1 atom stereocenters. The Bertz CT molecular complexity index is 1210. The lowest BCUT2D eigenvalue weighted by molar-refractivity contribution is 0.468. The summed E-state index contributed by atoms with van der Waals surface area (Å²) in [5.41, 5.74) is 1.74. The van der Waals surface area contributed by atoms with Crippen molar-refractivity contribution < 1.29 is 0 Å². The van der Waals surface area contributed by atoms with Crippen LogP contribution in [0.5, 0.6) is 0 Å². The van der Waals surface area contributed by atoms with Gasteiger partial charge in [0.2, 0.25) is 5.95 Å². The molecule has 5 heterocycles. The zero-order valence-electron chi connectivity index (χ0n) is 17.2. The summed E-state index contributed by atoms with van der Waals surface area (Å²) in [5.74, 6) is 3.17. The van der Waals surface area contributed by atoms with E-state index < -0.39 is 0 Å². The number of imidazole rings is 1. The van der Waals surface area contributed by atoms with Gasteiger partial charge in [-0.1, -0.05) is 19.8 Å². The Kier molecular flexibility index (Phi) is 4.22. The molecular weight excluding hydrogens is 392 g/mol. The van der Waals surface area contributed by atoms with Crippen molar-refractivity contribution >= 4 is 5.82 Å². The fourth-order valence-electron chi connectivity index (χ4n) is 4.84. The lowest BCUT2D eigenvalue weighted by Gasteiger charge is -2.40. The van der Waals surface area contributed by atoms with E-state index in [0.717, 1.165) is 29.3 Å². The fourth-order valence-corrected chi connectivity index (χ4v) is 4.84. The summed E-state index contributed by atoms with van der Waals surface area (Å²) in [5, 5.41) is 8.63. The average Bonchev–Trinajstić information content (AvgIpc) is 3.59. The number of hydrogen-bond donors (Lipinski definition) is 0. The molecule has 10 heteroatoms. The summed E-state index contributed by atoms with van der Waals surface area (Å²) < 4.78 is 3.91. The largest absolute Gasteiger partial charge is 0.341 e. The first-order valence-corrected chi connectivity index (χ1v) is 10.7. The SMILES string of the molecule is CC[C@@H]1c2nncn2-c2cnc(-n3ccnc3-c3cncnc3)nc2N1C1CCCC1. The summed E-state index contributed by atoms with van der Waals surface area (Å²) in [6.45, 7) is 2.20. The Labute approximate surface area is 179 Å². The molecule has 4 aromatic heterocycles. The smallest absolute Gasteiger partial charge is 0.237 e. The second-order valence-electron chi connectivity index (χ2n) is 7.96. The third-order valence-electron chi connectivity index (χ3n) is 6.23. The molecule has 1 aliphatic heterocycles. The lowest BCUT2D eigenvalue weighted by atomic mass is 10.0. The highest BCUT2D eigenvalue weighted by Gasteiger charge is 2.38. The van der Waals surface area contributed by atoms with Crippen molar-refractivity contribution in [2.75, 3.05) is 4.90 Å². The molecule has 6 rings (SSSR count). The highest BCUT2D eigenvalue weighted by molar-refractivity contribution is 5.63. The highest BCUT2D eigenvalue weighted by atomic mass is 15.4. The van der Waals surface area contributed by atoms with Crippen molar-refractivity contribution in [3.05, 3.63) is 49.5 Å². The quantitative estimate of drug-likeness (QED) is 0.502. The Morgan fingerprint density at radius 3 is 2.68 bits per heavy atom. The van der Waals surface area contributed by atoms with Crippen LogP contribution in [0, 0.1) is 0 Å².